The van der Waals surface area contributed by atoms with E-state index in [9.17, 15) is 33.6 Å². The lowest BCUT2D eigenvalue weighted by Gasteiger charge is -2.28. The molecule has 0 bridgehead atoms. The maximum atomic E-state index is 13.6. The molecule has 12 atom stereocenters. The molecule has 3 aliphatic heterocycles. The highest BCUT2D eigenvalue weighted by molar-refractivity contribution is 5.88. The summed E-state index contributed by atoms with van der Waals surface area (Å²) in [6.45, 7) is 4.03. The topological polar surface area (TPSA) is 254 Å². The van der Waals surface area contributed by atoms with Crippen molar-refractivity contribution in [1.29, 1.82) is 0 Å². The fourth-order valence-electron chi connectivity index (χ4n) is 9.39. The Hall–Kier alpha value is -3.83. The largest absolute Gasteiger partial charge is 0.369 e. The van der Waals surface area contributed by atoms with Gasteiger partial charge in [-0.2, -0.15) is 0 Å². The third-order valence-corrected chi connectivity index (χ3v) is 12.3. The standard InChI is InChI=1S/C35H56N10O7/c1-17(46)40-27-14-37-11-21(27)33(50)42-25-9-3-6-19(25)31(48)45-29-16-39-13-23(29)35(52)43-26-10-4-7-20(26)32(49)44-28-15-38-12-22(28)34(51)41-24-8-2-5-18(24)30(36)47/h18-29,37-39H,2-16H2,1H3,(H2,36,47)(H,40,46)(H,41,51)(H,42,50)(H,43,52)(H,44,49)(H,45,48)/t18-,19-,20-,21-,22-,23-,24-,25-,26-,27-,28-,29-/m1/s1. The van der Waals surface area contributed by atoms with Crippen molar-refractivity contribution in [1.82, 2.24) is 47.9 Å². The van der Waals surface area contributed by atoms with Crippen LogP contribution >= 0.6 is 0 Å². The minimum absolute atomic E-state index is 0.186. The molecule has 6 fully saturated rings. The van der Waals surface area contributed by atoms with Crippen molar-refractivity contribution in [3.8, 4) is 0 Å². The molecule has 0 radical (unpaired) electrons. The smallest absolute Gasteiger partial charge is 0.226 e. The van der Waals surface area contributed by atoms with E-state index in [4.69, 9.17) is 5.73 Å². The third-order valence-electron chi connectivity index (χ3n) is 12.3. The molecule has 0 aromatic heterocycles. The van der Waals surface area contributed by atoms with E-state index in [2.05, 4.69) is 47.9 Å². The van der Waals surface area contributed by atoms with Gasteiger partial charge in [0.15, 0.2) is 0 Å². The van der Waals surface area contributed by atoms with Gasteiger partial charge in [-0.05, 0) is 38.5 Å². The lowest BCUT2D eigenvalue weighted by atomic mass is 9.95. The summed E-state index contributed by atoms with van der Waals surface area (Å²) in [5.74, 6) is -4.33. The van der Waals surface area contributed by atoms with Crippen LogP contribution in [0, 0.1) is 35.5 Å². The van der Waals surface area contributed by atoms with Crippen LogP contribution in [-0.4, -0.2) is 117 Å². The van der Waals surface area contributed by atoms with E-state index < -0.39 is 47.6 Å². The predicted molar refractivity (Wildman–Crippen MR) is 188 cm³/mol. The van der Waals surface area contributed by atoms with Crippen LogP contribution in [0.25, 0.3) is 0 Å². The lowest BCUT2D eigenvalue weighted by Crippen LogP contribution is -2.54. The van der Waals surface area contributed by atoms with Crippen LogP contribution in [0.5, 0.6) is 0 Å². The highest BCUT2D eigenvalue weighted by Gasteiger charge is 2.44. The number of rotatable bonds is 12. The Kier molecular flexibility index (Phi) is 12.3. The van der Waals surface area contributed by atoms with E-state index in [1.807, 2.05) is 0 Å². The van der Waals surface area contributed by atoms with Crippen molar-refractivity contribution in [3.05, 3.63) is 0 Å². The molecule has 3 saturated heterocycles. The van der Waals surface area contributed by atoms with Crippen LogP contribution in [0.3, 0.4) is 0 Å². The van der Waals surface area contributed by atoms with Crippen LogP contribution in [0.2, 0.25) is 0 Å². The van der Waals surface area contributed by atoms with Gasteiger partial charge < -0.3 is 53.6 Å². The van der Waals surface area contributed by atoms with Crippen LogP contribution in [-0.2, 0) is 33.6 Å². The molecule has 0 spiro atoms. The molecule has 6 aliphatic rings. The van der Waals surface area contributed by atoms with E-state index in [1.165, 1.54) is 6.92 Å². The molecule has 17 nitrogen and oxygen atoms in total. The Morgan fingerprint density at radius 2 is 0.712 bits per heavy atom. The van der Waals surface area contributed by atoms with Crippen molar-refractivity contribution >= 4 is 41.4 Å². The number of primary amides is 1. The molecule has 0 aromatic rings. The Balaban J connectivity index is 0.987. The minimum atomic E-state index is -0.530. The Morgan fingerprint density at radius 1 is 0.404 bits per heavy atom. The molecule has 3 heterocycles. The van der Waals surface area contributed by atoms with Gasteiger partial charge in [-0.25, -0.2) is 0 Å². The average Bonchev–Trinajstić information content (AvgIpc) is 3.93. The van der Waals surface area contributed by atoms with Crippen LogP contribution in [0.4, 0.5) is 0 Å². The monoisotopic (exact) mass is 728 g/mol. The molecule has 11 N–H and O–H groups in total. The molecule has 6 rings (SSSR count). The zero-order valence-corrected chi connectivity index (χ0v) is 30.0. The van der Waals surface area contributed by atoms with E-state index >= 15 is 0 Å². The van der Waals surface area contributed by atoms with Crippen LogP contribution in [0.1, 0.15) is 64.7 Å². The first-order valence-corrected chi connectivity index (χ1v) is 19.2. The van der Waals surface area contributed by atoms with E-state index in [-0.39, 0.29) is 65.5 Å². The van der Waals surface area contributed by atoms with Gasteiger partial charge in [0.25, 0.3) is 0 Å². The summed E-state index contributed by atoms with van der Waals surface area (Å²) in [6, 6.07) is -2.17. The molecule has 52 heavy (non-hydrogen) atoms. The summed E-state index contributed by atoms with van der Waals surface area (Å²) in [7, 11) is 0. The van der Waals surface area contributed by atoms with Crippen molar-refractivity contribution in [2.24, 2.45) is 41.2 Å². The SMILES string of the molecule is CC(=O)N[C@@H]1CNC[C@H]1C(=O)N[C@@H]1CCC[C@H]1C(=O)N[C@@H]1CNC[C@H]1C(=O)N[C@@H]1CCC[C@H]1C(=O)N[C@@H]1CNC[C@H]1C(=O)N[C@@H]1CCC[C@H]1C(N)=O. The molecule has 288 valence electrons. The number of nitrogens with two attached hydrogens (primary N) is 1. The lowest BCUT2D eigenvalue weighted by molar-refractivity contribution is -0.130. The fraction of sp³-hybridized carbons (Fsp3) is 0.800. The van der Waals surface area contributed by atoms with Gasteiger partial charge >= 0.3 is 0 Å². The van der Waals surface area contributed by atoms with Gasteiger partial charge in [-0.15, -0.1) is 0 Å². The summed E-state index contributed by atoms with van der Waals surface area (Å²) in [6.07, 6.45) is 6.28. The van der Waals surface area contributed by atoms with Gasteiger partial charge in [0, 0.05) is 64.3 Å². The predicted octanol–water partition coefficient (Wildman–Crippen LogP) is -3.54. The normalized spacial score (nSPS) is 36.9. The zero-order chi connectivity index (χ0) is 36.9. The fourth-order valence-corrected chi connectivity index (χ4v) is 9.39. The number of amides is 7. The van der Waals surface area contributed by atoms with Crippen molar-refractivity contribution < 1.29 is 33.6 Å². The van der Waals surface area contributed by atoms with Crippen LogP contribution < -0.4 is 53.6 Å². The molecule has 0 aromatic carbocycles. The van der Waals surface area contributed by atoms with Gasteiger partial charge in [0.05, 0.1) is 53.6 Å². The zero-order valence-electron chi connectivity index (χ0n) is 30.0. The summed E-state index contributed by atoms with van der Waals surface area (Å²) in [4.78, 5) is 90.6. The molecule has 3 aliphatic carbocycles. The second-order valence-electron chi connectivity index (χ2n) is 15.7. The molecule has 17 heteroatoms. The van der Waals surface area contributed by atoms with Gasteiger partial charge in [-0.3, -0.25) is 33.6 Å². The number of carbonyl (C=O) groups is 7. The van der Waals surface area contributed by atoms with E-state index in [0.29, 0.717) is 77.8 Å². The average molecular weight is 729 g/mol. The number of nitrogens with one attached hydrogen (secondary N) is 9. The number of hydrogen-bond donors (Lipinski definition) is 10. The van der Waals surface area contributed by atoms with Crippen molar-refractivity contribution in [3.63, 3.8) is 0 Å². The second kappa shape index (κ2) is 16.9. The molecular formula is C35H56N10O7. The molecule has 3 saturated carbocycles. The van der Waals surface area contributed by atoms with E-state index in [1.54, 1.807) is 0 Å². The summed E-state index contributed by atoms with van der Waals surface area (Å²) in [5.41, 5.74) is 5.54. The van der Waals surface area contributed by atoms with Gasteiger partial charge in [-0.1, -0.05) is 19.3 Å². The Labute approximate surface area is 304 Å². The third kappa shape index (κ3) is 8.68. The van der Waals surface area contributed by atoms with Crippen LogP contribution in [0.15, 0.2) is 0 Å². The van der Waals surface area contributed by atoms with Gasteiger partial charge in [0.1, 0.15) is 0 Å². The minimum Gasteiger partial charge on any atom is -0.369 e. The second-order valence-corrected chi connectivity index (χ2v) is 15.7. The summed E-state index contributed by atoms with van der Waals surface area (Å²) in [5, 5.41) is 27.7. The first kappa shape index (κ1) is 37.9. The molecule has 7 amide bonds. The van der Waals surface area contributed by atoms with Crippen molar-refractivity contribution in [2.75, 3.05) is 39.3 Å². The van der Waals surface area contributed by atoms with E-state index in [0.717, 1.165) is 19.3 Å². The molecule has 0 unspecified atom stereocenters. The first-order valence-electron chi connectivity index (χ1n) is 19.2. The highest BCUT2D eigenvalue weighted by Crippen LogP contribution is 2.30. The maximum absolute atomic E-state index is 13.6. The summed E-state index contributed by atoms with van der Waals surface area (Å²) >= 11 is 0. The number of carbonyl (C=O) groups excluding carboxylic acids is 7. The number of hydrogen-bond acceptors (Lipinski definition) is 10. The highest BCUT2D eigenvalue weighted by atomic mass is 16.2. The Bertz CT molecular complexity index is 1400. The van der Waals surface area contributed by atoms with Crippen molar-refractivity contribution in [2.45, 2.75) is 101 Å². The first-order chi connectivity index (χ1) is 25.0. The Morgan fingerprint density at radius 3 is 1.08 bits per heavy atom. The quantitative estimate of drug-likeness (QED) is 0.0948. The van der Waals surface area contributed by atoms with Gasteiger partial charge in [0.2, 0.25) is 41.4 Å². The summed E-state index contributed by atoms with van der Waals surface area (Å²) < 4.78 is 0. The molecular weight excluding hydrogens is 672 g/mol. The maximum Gasteiger partial charge on any atom is 0.226 e.